The van der Waals surface area contributed by atoms with Crippen LogP contribution in [0.2, 0.25) is 39.3 Å². The Balaban J connectivity index is 2.68. The van der Waals surface area contributed by atoms with E-state index in [0.29, 0.717) is 12.5 Å². The molecule has 0 unspecified atom stereocenters. The first-order valence-corrected chi connectivity index (χ1v) is 12.6. The molecule has 1 fully saturated rings. The van der Waals surface area contributed by atoms with Gasteiger partial charge >= 0.3 is 0 Å². The van der Waals surface area contributed by atoms with E-state index in [1.807, 2.05) is 0 Å². The molecular formula is C10H24N2OSi2. The highest BCUT2D eigenvalue weighted by atomic mass is 28.3. The summed E-state index contributed by atoms with van der Waals surface area (Å²) in [6, 6.07) is 0. The summed E-state index contributed by atoms with van der Waals surface area (Å²) in [5.74, 6) is 0.350. The van der Waals surface area contributed by atoms with Crippen LogP contribution >= 0.6 is 0 Å². The second kappa shape index (κ2) is 4.03. The number of hydrogen-bond acceptors (Lipinski definition) is 2. The number of rotatable bonds is 2. The smallest absolute Gasteiger partial charge is 0.228 e. The fourth-order valence-corrected chi connectivity index (χ4v) is 4.93. The third-order valence-electron chi connectivity index (χ3n) is 2.98. The summed E-state index contributed by atoms with van der Waals surface area (Å²) in [5, 5.41) is 0. The number of hydrogen-bond donors (Lipinski definition) is 0. The first-order chi connectivity index (χ1) is 6.62. The van der Waals surface area contributed by atoms with Gasteiger partial charge in [-0.05, 0) is 0 Å². The topological polar surface area (TPSA) is 23.6 Å². The van der Waals surface area contributed by atoms with Crippen LogP contribution in [-0.2, 0) is 4.79 Å². The Morgan fingerprint density at radius 3 is 1.80 bits per heavy atom. The third-order valence-corrected chi connectivity index (χ3v) is 7.35. The molecule has 0 N–H and O–H groups in total. The van der Waals surface area contributed by atoms with Crippen molar-refractivity contribution in [2.24, 2.45) is 0 Å². The minimum absolute atomic E-state index is 0.350. The highest BCUT2D eigenvalue weighted by Gasteiger charge is 2.36. The molecule has 0 spiro atoms. The van der Waals surface area contributed by atoms with Gasteiger partial charge in [0.05, 0.1) is 6.54 Å². The molecule has 15 heavy (non-hydrogen) atoms. The maximum atomic E-state index is 12.0. The summed E-state index contributed by atoms with van der Waals surface area (Å²) in [6.07, 6.45) is 0. The van der Waals surface area contributed by atoms with Crippen LogP contribution in [0.4, 0.5) is 0 Å². The van der Waals surface area contributed by atoms with Crippen LogP contribution in [0.15, 0.2) is 0 Å². The highest BCUT2D eigenvalue weighted by molar-refractivity contribution is 6.76. The van der Waals surface area contributed by atoms with Gasteiger partial charge in [0, 0.05) is 13.1 Å². The lowest BCUT2D eigenvalue weighted by molar-refractivity contribution is -0.129. The normalized spacial score (nSPS) is 20.9. The lowest BCUT2D eigenvalue weighted by Crippen LogP contribution is -2.63. The van der Waals surface area contributed by atoms with E-state index in [-0.39, 0.29) is 0 Å². The Kier molecular flexibility index (Phi) is 3.47. The van der Waals surface area contributed by atoms with Crippen LogP contribution in [0.1, 0.15) is 0 Å². The largest absolute Gasteiger partial charge is 0.368 e. The van der Waals surface area contributed by atoms with Gasteiger partial charge in [-0.15, -0.1) is 0 Å². The predicted octanol–water partition coefficient (Wildman–Crippen LogP) is 1.80. The van der Waals surface area contributed by atoms with Gasteiger partial charge in [0.1, 0.15) is 8.24 Å². The van der Waals surface area contributed by atoms with Crippen molar-refractivity contribution in [3.05, 3.63) is 0 Å². The molecule has 5 heteroatoms. The molecule has 0 atom stereocenters. The van der Waals surface area contributed by atoms with Crippen molar-refractivity contribution in [3.8, 4) is 0 Å². The first kappa shape index (κ1) is 12.9. The highest BCUT2D eigenvalue weighted by Crippen LogP contribution is 2.18. The quantitative estimate of drug-likeness (QED) is 0.692. The Morgan fingerprint density at radius 1 is 0.933 bits per heavy atom. The van der Waals surface area contributed by atoms with E-state index in [9.17, 15) is 4.79 Å². The number of carbonyl (C=O) groups is 1. The fourth-order valence-electron chi connectivity index (χ4n) is 1.96. The van der Waals surface area contributed by atoms with Gasteiger partial charge < -0.3 is 9.13 Å². The standard InChI is InChI=1S/C10H24N2OSi2/c1-14(2,3)11-7-8-12(10(13)9-11)15(4,5)6/h7-9H2,1-6H3. The van der Waals surface area contributed by atoms with E-state index in [0.717, 1.165) is 13.1 Å². The summed E-state index contributed by atoms with van der Waals surface area (Å²) in [7, 11) is -2.72. The summed E-state index contributed by atoms with van der Waals surface area (Å²) in [6.45, 7) is 16.3. The van der Waals surface area contributed by atoms with Gasteiger partial charge in [0.25, 0.3) is 0 Å². The van der Waals surface area contributed by atoms with Crippen molar-refractivity contribution in [3.63, 3.8) is 0 Å². The van der Waals surface area contributed by atoms with Crippen LogP contribution in [-0.4, -0.2) is 51.1 Å². The Morgan fingerprint density at radius 2 is 1.47 bits per heavy atom. The summed E-state index contributed by atoms with van der Waals surface area (Å²) < 4.78 is 4.55. The van der Waals surface area contributed by atoms with Crippen molar-refractivity contribution in [2.75, 3.05) is 19.6 Å². The maximum Gasteiger partial charge on any atom is 0.228 e. The van der Waals surface area contributed by atoms with Crippen molar-refractivity contribution >= 4 is 22.4 Å². The van der Waals surface area contributed by atoms with Gasteiger partial charge in [-0.3, -0.25) is 4.79 Å². The molecule has 0 bridgehead atoms. The molecule has 88 valence electrons. The molecule has 0 aromatic heterocycles. The van der Waals surface area contributed by atoms with E-state index in [4.69, 9.17) is 0 Å². The molecule has 1 aliphatic rings. The monoisotopic (exact) mass is 244 g/mol. The molecule has 3 nitrogen and oxygen atoms in total. The second-order valence-electron chi connectivity index (χ2n) is 6.31. The van der Waals surface area contributed by atoms with Crippen molar-refractivity contribution < 1.29 is 4.79 Å². The zero-order chi connectivity index (χ0) is 11.9. The van der Waals surface area contributed by atoms with Gasteiger partial charge in [0.15, 0.2) is 8.24 Å². The molecule has 1 amide bonds. The van der Waals surface area contributed by atoms with Crippen LogP contribution < -0.4 is 0 Å². The van der Waals surface area contributed by atoms with Crippen molar-refractivity contribution in [1.29, 1.82) is 0 Å². The van der Waals surface area contributed by atoms with Crippen LogP contribution in [0, 0.1) is 0 Å². The maximum absolute atomic E-state index is 12.0. The van der Waals surface area contributed by atoms with E-state index < -0.39 is 16.5 Å². The first-order valence-electron chi connectivity index (χ1n) is 5.68. The molecule has 1 rings (SSSR count). The van der Waals surface area contributed by atoms with E-state index in [2.05, 4.69) is 48.4 Å². The van der Waals surface area contributed by atoms with Crippen LogP contribution in [0.5, 0.6) is 0 Å². The van der Waals surface area contributed by atoms with Gasteiger partial charge in [0.2, 0.25) is 5.91 Å². The summed E-state index contributed by atoms with van der Waals surface area (Å²) >= 11 is 0. The predicted molar refractivity (Wildman–Crippen MR) is 70.0 cm³/mol. The zero-order valence-corrected chi connectivity index (χ0v) is 12.9. The minimum Gasteiger partial charge on any atom is -0.368 e. The SMILES string of the molecule is C[Si](C)(C)N1CCN([Si](C)(C)C)C(=O)C1. The molecular weight excluding hydrogens is 220 g/mol. The molecule has 1 heterocycles. The van der Waals surface area contributed by atoms with Gasteiger partial charge in [-0.2, -0.15) is 0 Å². The third kappa shape index (κ3) is 3.16. The Hall–Kier alpha value is -0.136. The lowest BCUT2D eigenvalue weighted by Gasteiger charge is -2.45. The van der Waals surface area contributed by atoms with E-state index >= 15 is 0 Å². The number of piperazine rings is 1. The summed E-state index contributed by atoms with van der Waals surface area (Å²) in [5.41, 5.74) is 0. The lowest BCUT2D eigenvalue weighted by atomic mass is 10.4. The molecule has 1 saturated heterocycles. The average molecular weight is 244 g/mol. The van der Waals surface area contributed by atoms with Crippen molar-refractivity contribution in [1.82, 2.24) is 9.13 Å². The van der Waals surface area contributed by atoms with E-state index in [1.54, 1.807) is 0 Å². The fraction of sp³-hybridized carbons (Fsp3) is 0.900. The molecule has 0 aliphatic carbocycles. The van der Waals surface area contributed by atoms with Gasteiger partial charge in [-0.25, -0.2) is 0 Å². The number of carbonyl (C=O) groups excluding carboxylic acids is 1. The van der Waals surface area contributed by atoms with E-state index in [1.165, 1.54) is 0 Å². The number of amides is 1. The van der Waals surface area contributed by atoms with Crippen LogP contribution in [0.3, 0.4) is 0 Å². The van der Waals surface area contributed by atoms with Gasteiger partial charge in [-0.1, -0.05) is 39.3 Å². The average Bonchev–Trinajstić information content (AvgIpc) is 1.99. The van der Waals surface area contributed by atoms with Crippen molar-refractivity contribution in [2.45, 2.75) is 39.3 Å². The number of nitrogens with zero attached hydrogens (tertiary/aromatic N) is 2. The molecule has 1 aliphatic heterocycles. The molecule has 0 aromatic rings. The summed E-state index contributed by atoms with van der Waals surface area (Å²) in [4.78, 5) is 12.0. The van der Waals surface area contributed by atoms with Crippen LogP contribution in [0.25, 0.3) is 0 Å². The minimum atomic E-state index is -1.44. The Labute approximate surface area is 95.6 Å². The molecule has 0 radical (unpaired) electrons. The second-order valence-corrected chi connectivity index (χ2v) is 16.2. The zero-order valence-electron chi connectivity index (χ0n) is 10.9. The molecule has 0 saturated carbocycles. The Bertz CT molecular complexity index is 255. The molecule has 0 aromatic carbocycles.